The monoisotopic (exact) mass is 575 g/mol. The summed E-state index contributed by atoms with van der Waals surface area (Å²) >= 11 is 8.55. The second-order valence-corrected chi connectivity index (χ2v) is 11.3. The van der Waals surface area contributed by atoms with Crippen LogP contribution in [0.15, 0.2) is 30.5 Å². The molecule has 12 heteroatoms. The highest BCUT2D eigenvalue weighted by molar-refractivity contribution is 7.29. The van der Waals surface area contributed by atoms with Crippen LogP contribution in [0, 0.1) is 34.5 Å². The topological polar surface area (TPSA) is 141 Å². The number of carbonyl (C=O) groups is 2. The van der Waals surface area contributed by atoms with E-state index in [2.05, 4.69) is 34.4 Å². The van der Waals surface area contributed by atoms with Crippen LogP contribution >= 0.6 is 34.3 Å². The Morgan fingerprint density at radius 3 is 2.51 bits per heavy atom. The van der Waals surface area contributed by atoms with Crippen molar-refractivity contribution in [1.82, 2.24) is 9.78 Å². The molecule has 1 fully saturated rings. The van der Waals surface area contributed by atoms with Crippen LogP contribution in [0.4, 0.5) is 10.6 Å². The van der Waals surface area contributed by atoms with E-state index < -0.39 is 23.6 Å². The van der Waals surface area contributed by atoms with Gasteiger partial charge in [0.25, 0.3) is 0 Å². The molecule has 2 N–H and O–H groups in total. The summed E-state index contributed by atoms with van der Waals surface area (Å²) in [6.45, 7) is 1.71. The maximum atomic E-state index is 12.6. The third kappa shape index (κ3) is 4.60. The van der Waals surface area contributed by atoms with Crippen molar-refractivity contribution in [2.45, 2.75) is 31.3 Å². The van der Waals surface area contributed by atoms with Crippen LogP contribution < -0.4 is 5.32 Å². The Morgan fingerprint density at radius 2 is 1.87 bits per heavy atom. The van der Waals surface area contributed by atoms with Gasteiger partial charge in [-0.2, -0.15) is 15.6 Å². The van der Waals surface area contributed by atoms with Crippen molar-refractivity contribution in [1.29, 1.82) is 10.5 Å². The van der Waals surface area contributed by atoms with Crippen molar-refractivity contribution >= 4 is 61.6 Å². The smallest absolute Gasteiger partial charge is 0.413 e. The summed E-state index contributed by atoms with van der Waals surface area (Å²) in [7, 11) is 1.64. The molecule has 0 aliphatic heterocycles. The first-order valence-corrected chi connectivity index (χ1v) is 13.6. The van der Waals surface area contributed by atoms with Crippen molar-refractivity contribution in [3.8, 4) is 24.0 Å². The zero-order valence-electron chi connectivity index (χ0n) is 20.5. The quantitative estimate of drug-likeness (QED) is 0.281. The third-order valence-electron chi connectivity index (χ3n) is 6.44. The minimum absolute atomic E-state index is 0.294. The predicted molar refractivity (Wildman–Crippen MR) is 147 cm³/mol. The number of aromatic nitrogens is 2. The molecule has 0 radical (unpaired) electrons. The lowest BCUT2D eigenvalue weighted by atomic mass is 10.0. The van der Waals surface area contributed by atoms with E-state index in [-0.39, 0.29) is 0 Å². The Hall–Kier alpha value is -4.34. The van der Waals surface area contributed by atoms with Gasteiger partial charge in [0.2, 0.25) is 0 Å². The van der Waals surface area contributed by atoms with E-state index in [9.17, 15) is 25.2 Å². The van der Waals surface area contributed by atoms with Gasteiger partial charge in [-0.1, -0.05) is 35.7 Å². The zero-order chi connectivity index (χ0) is 27.9. The molecule has 5 rings (SSSR count). The Morgan fingerprint density at radius 1 is 1.18 bits per heavy atom. The minimum Gasteiger partial charge on any atom is -0.481 e. The number of fused-ring (bicyclic) bond motifs is 1. The van der Waals surface area contributed by atoms with Crippen molar-refractivity contribution in [2.75, 3.05) is 5.32 Å². The number of hydrogen-bond donors (Lipinski definition) is 2. The van der Waals surface area contributed by atoms with Crippen LogP contribution in [-0.2, 0) is 22.0 Å². The number of thiophene rings is 2. The van der Waals surface area contributed by atoms with Gasteiger partial charge in [0, 0.05) is 22.5 Å². The van der Waals surface area contributed by atoms with Crippen LogP contribution in [0.25, 0.3) is 9.40 Å². The summed E-state index contributed by atoms with van der Waals surface area (Å²) in [5.41, 5.74) is 0.606. The summed E-state index contributed by atoms with van der Waals surface area (Å²) in [4.78, 5) is 25.4. The number of aryl methyl sites for hydroxylation is 1. The van der Waals surface area contributed by atoms with Crippen molar-refractivity contribution in [3.05, 3.63) is 67.5 Å². The second-order valence-electron chi connectivity index (χ2n) is 8.86. The summed E-state index contributed by atoms with van der Waals surface area (Å²) in [6.07, 6.45) is 1.09. The van der Waals surface area contributed by atoms with E-state index in [0.717, 1.165) is 0 Å². The van der Waals surface area contributed by atoms with Gasteiger partial charge in [-0.25, -0.2) is 4.79 Å². The standard InChI is InChI=1S/C27H18ClN5O4S2/c1-14(16-5-3-4-6-19(16)28)37-26(36)32-24-15(13-31-33(24)2)7-8-20-17(11-29)21-22(38-20)18(12-30)23(39-21)27(9-10-27)25(34)35/h3-6,13-14H,9-10H2,1-2H3,(H,32,36)(H,34,35). The van der Waals surface area contributed by atoms with Crippen LogP contribution in [0.5, 0.6) is 0 Å². The van der Waals surface area contributed by atoms with E-state index in [0.29, 0.717) is 65.1 Å². The van der Waals surface area contributed by atoms with Gasteiger partial charge in [0.15, 0.2) is 0 Å². The van der Waals surface area contributed by atoms with Gasteiger partial charge in [-0.05, 0) is 31.8 Å². The highest BCUT2D eigenvalue weighted by atomic mass is 35.5. The van der Waals surface area contributed by atoms with Gasteiger partial charge < -0.3 is 9.84 Å². The fourth-order valence-corrected chi connectivity index (χ4v) is 7.24. The molecule has 1 aromatic carbocycles. The number of anilines is 1. The number of carbonyl (C=O) groups excluding carboxylic acids is 1. The molecule has 1 aliphatic rings. The molecule has 3 aromatic heterocycles. The number of ether oxygens (including phenoxy) is 1. The molecule has 194 valence electrons. The van der Waals surface area contributed by atoms with Crippen LogP contribution in [0.1, 0.15) is 57.9 Å². The number of carboxylic acid groups (broad SMARTS) is 1. The van der Waals surface area contributed by atoms with E-state index in [4.69, 9.17) is 16.3 Å². The number of nitrogens with one attached hydrogen (secondary N) is 1. The molecule has 9 nitrogen and oxygen atoms in total. The molecular formula is C27H18ClN5O4S2. The van der Waals surface area contributed by atoms with Crippen molar-refractivity contribution in [2.24, 2.45) is 7.05 Å². The number of rotatable bonds is 5. The Bertz CT molecular complexity index is 1810. The minimum atomic E-state index is -1.04. The third-order valence-corrected chi connectivity index (χ3v) is 9.44. The second kappa shape index (κ2) is 10.1. The summed E-state index contributed by atoms with van der Waals surface area (Å²) in [5, 5.41) is 36.7. The summed E-state index contributed by atoms with van der Waals surface area (Å²) in [6, 6.07) is 11.4. The predicted octanol–water partition coefficient (Wildman–Crippen LogP) is 5.92. The van der Waals surface area contributed by atoms with Crippen molar-refractivity contribution in [3.63, 3.8) is 0 Å². The summed E-state index contributed by atoms with van der Waals surface area (Å²) < 4.78 is 8.04. The van der Waals surface area contributed by atoms with E-state index in [1.165, 1.54) is 33.6 Å². The maximum Gasteiger partial charge on any atom is 0.413 e. The van der Waals surface area contributed by atoms with Crippen LogP contribution in [0.3, 0.4) is 0 Å². The molecule has 0 spiro atoms. The van der Waals surface area contributed by atoms with E-state index in [1.807, 2.05) is 0 Å². The lowest BCUT2D eigenvalue weighted by molar-refractivity contribution is -0.139. The average molecular weight is 576 g/mol. The normalized spacial score (nSPS) is 14.0. The zero-order valence-corrected chi connectivity index (χ0v) is 22.9. The number of amides is 1. The lowest BCUT2D eigenvalue weighted by Crippen LogP contribution is -2.19. The molecule has 1 atom stereocenters. The first-order valence-electron chi connectivity index (χ1n) is 11.6. The molecule has 0 saturated heterocycles. The van der Waals surface area contributed by atoms with Crippen LogP contribution in [-0.4, -0.2) is 26.9 Å². The Kier molecular flexibility index (Phi) is 6.80. The highest BCUT2D eigenvalue weighted by Gasteiger charge is 2.54. The number of aliphatic carboxylic acids is 1. The number of carboxylic acids is 1. The first-order chi connectivity index (χ1) is 18.7. The van der Waals surface area contributed by atoms with Gasteiger partial charge in [-0.15, -0.1) is 22.7 Å². The molecule has 1 unspecified atom stereocenters. The fourth-order valence-electron chi connectivity index (χ4n) is 4.18. The summed E-state index contributed by atoms with van der Waals surface area (Å²) in [5.74, 6) is 5.26. The Labute approximate surface area is 235 Å². The largest absolute Gasteiger partial charge is 0.481 e. The van der Waals surface area contributed by atoms with Gasteiger partial charge in [-0.3, -0.25) is 14.8 Å². The van der Waals surface area contributed by atoms with Crippen molar-refractivity contribution < 1.29 is 19.4 Å². The molecule has 3 heterocycles. The highest BCUT2D eigenvalue weighted by Crippen LogP contribution is 2.55. The number of benzene rings is 1. The molecule has 0 bridgehead atoms. The number of nitriles is 2. The number of nitrogens with zero attached hydrogens (tertiary/aromatic N) is 4. The van der Waals surface area contributed by atoms with Gasteiger partial charge in [0.1, 0.15) is 29.5 Å². The average Bonchev–Trinajstić information content (AvgIpc) is 3.40. The molecule has 1 saturated carbocycles. The first kappa shape index (κ1) is 26.3. The molecular weight excluding hydrogens is 558 g/mol. The molecule has 1 aliphatic carbocycles. The fraction of sp³-hybridized carbons (Fsp3) is 0.222. The SMILES string of the molecule is CC(OC(=O)Nc1c(C#Cc2sc3c(C#N)c(C4(C(=O)O)CC4)sc3c2C#N)cnn1C)c1ccccc1Cl. The molecule has 39 heavy (non-hydrogen) atoms. The van der Waals surface area contributed by atoms with E-state index in [1.54, 1.807) is 38.2 Å². The number of hydrogen-bond acceptors (Lipinski definition) is 8. The maximum absolute atomic E-state index is 12.6. The number of halogens is 1. The molecule has 1 amide bonds. The van der Waals surface area contributed by atoms with Gasteiger partial charge in [0.05, 0.1) is 37.2 Å². The van der Waals surface area contributed by atoms with Gasteiger partial charge >= 0.3 is 12.1 Å². The van der Waals surface area contributed by atoms with Crippen LogP contribution in [0.2, 0.25) is 5.02 Å². The lowest BCUT2D eigenvalue weighted by Gasteiger charge is -2.15. The Balaban J connectivity index is 1.42. The van der Waals surface area contributed by atoms with E-state index >= 15 is 0 Å². The molecule has 4 aromatic rings.